The number of nitrogens with one attached hydrogen (secondary N) is 1. The Kier molecular flexibility index (Phi) is 8.95. The van der Waals surface area contributed by atoms with Crippen molar-refractivity contribution in [3.8, 4) is 0 Å². The van der Waals surface area contributed by atoms with Crippen molar-refractivity contribution < 1.29 is 41.0 Å². The van der Waals surface area contributed by atoms with Gasteiger partial charge in [0.15, 0.2) is 5.82 Å². The Bertz CT molecular complexity index is 1070. The third-order valence-corrected chi connectivity index (χ3v) is 4.77. The molecule has 0 spiro atoms. The zero-order valence-electron chi connectivity index (χ0n) is 18.6. The van der Waals surface area contributed by atoms with Gasteiger partial charge >= 0.3 is 18.3 Å². The molecule has 1 amide bonds. The van der Waals surface area contributed by atoms with Crippen molar-refractivity contribution in [3.63, 3.8) is 0 Å². The molecule has 2 N–H and O–H groups in total. The van der Waals surface area contributed by atoms with Gasteiger partial charge < -0.3 is 15.3 Å². The summed E-state index contributed by atoms with van der Waals surface area (Å²) in [5, 5.41) is 21.9. The van der Waals surface area contributed by atoms with Gasteiger partial charge in [0, 0.05) is 31.8 Å². The maximum Gasteiger partial charge on any atom is 0.490 e. The summed E-state index contributed by atoms with van der Waals surface area (Å²) in [6.07, 6.45) is -6.61. The molecule has 3 rings (SSSR count). The number of halogens is 6. The molecule has 0 saturated carbocycles. The average molecular weight is 508 g/mol. The number of carbonyl (C=O) groups is 2. The van der Waals surface area contributed by atoms with Gasteiger partial charge in [0.1, 0.15) is 0 Å². The van der Waals surface area contributed by atoms with Crippen molar-refractivity contribution in [1.82, 2.24) is 30.4 Å². The first-order valence-electron chi connectivity index (χ1n) is 10.1. The number of aliphatic carboxylic acids is 1. The summed E-state index contributed by atoms with van der Waals surface area (Å²) >= 11 is 0. The van der Waals surface area contributed by atoms with Crippen LogP contribution in [0.15, 0.2) is 24.3 Å². The van der Waals surface area contributed by atoms with E-state index in [1.54, 1.807) is 11.8 Å². The SMILES string of the molecule is Cc1nnn(Cc2cc(C(F)(F)F)ccc2/C=C/C(=O)N2CCNC[C@H]2C)n1.O=C(O)C(F)(F)F. The van der Waals surface area contributed by atoms with Crippen LogP contribution in [0.2, 0.25) is 0 Å². The largest absolute Gasteiger partial charge is 0.490 e. The molecule has 0 radical (unpaired) electrons. The fourth-order valence-electron chi connectivity index (χ4n) is 3.05. The Balaban J connectivity index is 0.000000540. The predicted molar refractivity (Wildman–Crippen MR) is 110 cm³/mol. The summed E-state index contributed by atoms with van der Waals surface area (Å²) in [6, 6.07) is 3.46. The van der Waals surface area contributed by atoms with E-state index >= 15 is 0 Å². The van der Waals surface area contributed by atoms with Crippen molar-refractivity contribution in [2.24, 2.45) is 0 Å². The van der Waals surface area contributed by atoms with Crippen LogP contribution in [0.25, 0.3) is 6.08 Å². The van der Waals surface area contributed by atoms with Gasteiger partial charge in [-0.1, -0.05) is 6.07 Å². The molecule has 1 aromatic carbocycles. The molecule has 1 fully saturated rings. The van der Waals surface area contributed by atoms with E-state index in [4.69, 9.17) is 9.90 Å². The maximum absolute atomic E-state index is 13.1. The topological polar surface area (TPSA) is 113 Å². The minimum atomic E-state index is -5.08. The normalized spacial score (nSPS) is 16.7. The standard InChI is InChI=1S/C18H21F3N6O.C2HF3O2/c1-12-10-22-7-8-26(12)17(28)6-4-14-3-5-16(18(19,20)21)9-15(14)11-27-24-13(2)23-25-27;3-2(4,5)1(6)7/h3-6,9,12,22H,7-8,10-11H2,1-2H3;(H,6,7)/b6-4+;/t12-;/m1./s1. The Morgan fingerprint density at radius 1 is 1.23 bits per heavy atom. The Labute approximate surface area is 195 Å². The van der Waals surface area contributed by atoms with E-state index < -0.39 is 23.9 Å². The first-order chi connectivity index (χ1) is 16.2. The van der Waals surface area contributed by atoms with E-state index in [2.05, 4.69) is 20.7 Å². The lowest BCUT2D eigenvalue weighted by atomic mass is 10.0. The van der Waals surface area contributed by atoms with Gasteiger partial charge in [0.2, 0.25) is 5.91 Å². The van der Waals surface area contributed by atoms with E-state index in [-0.39, 0.29) is 18.5 Å². The summed E-state index contributed by atoms with van der Waals surface area (Å²) in [6.45, 7) is 5.62. The number of carboxylic acids is 1. The molecular formula is C20H22F6N6O3. The second-order valence-corrected chi connectivity index (χ2v) is 7.50. The summed E-state index contributed by atoms with van der Waals surface area (Å²) in [4.78, 5) is 24.3. The second kappa shape index (κ2) is 11.3. The highest BCUT2D eigenvalue weighted by atomic mass is 19.4. The average Bonchev–Trinajstić information content (AvgIpc) is 3.16. The molecule has 0 bridgehead atoms. The quantitative estimate of drug-likeness (QED) is 0.482. The lowest BCUT2D eigenvalue weighted by Crippen LogP contribution is -2.51. The van der Waals surface area contributed by atoms with Gasteiger partial charge in [-0.2, -0.15) is 31.1 Å². The number of aromatic nitrogens is 4. The third-order valence-electron chi connectivity index (χ3n) is 4.77. The fraction of sp³-hybridized carbons (Fsp3) is 0.450. The molecule has 1 atom stereocenters. The molecule has 2 heterocycles. The molecule has 192 valence electrons. The molecule has 2 aromatic rings. The van der Waals surface area contributed by atoms with E-state index in [0.717, 1.165) is 12.1 Å². The van der Waals surface area contributed by atoms with Crippen LogP contribution in [0.5, 0.6) is 0 Å². The number of piperazine rings is 1. The van der Waals surface area contributed by atoms with Crippen LogP contribution in [-0.4, -0.2) is 73.9 Å². The minimum Gasteiger partial charge on any atom is -0.475 e. The predicted octanol–water partition coefficient (Wildman–Crippen LogP) is 2.52. The number of nitrogens with zero attached hydrogens (tertiary/aromatic N) is 5. The lowest BCUT2D eigenvalue weighted by molar-refractivity contribution is -0.192. The number of amides is 1. The number of carbonyl (C=O) groups excluding carboxylic acids is 1. The smallest absolute Gasteiger partial charge is 0.475 e. The minimum absolute atomic E-state index is 0.0165. The van der Waals surface area contributed by atoms with Crippen LogP contribution < -0.4 is 5.32 Å². The number of hydrogen-bond donors (Lipinski definition) is 2. The highest BCUT2D eigenvalue weighted by Crippen LogP contribution is 2.31. The summed E-state index contributed by atoms with van der Waals surface area (Å²) in [5.41, 5.74) is 0.0854. The van der Waals surface area contributed by atoms with Crippen molar-refractivity contribution >= 4 is 18.0 Å². The fourth-order valence-corrected chi connectivity index (χ4v) is 3.05. The molecule has 1 aliphatic heterocycles. The van der Waals surface area contributed by atoms with Crippen LogP contribution in [0, 0.1) is 6.92 Å². The second-order valence-electron chi connectivity index (χ2n) is 7.50. The molecule has 9 nitrogen and oxygen atoms in total. The molecule has 35 heavy (non-hydrogen) atoms. The maximum atomic E-state index is 13.1. The highest BCUT2D eigenvalue weighted by Gasteiger charge is 2.38. The summed E-state index contributed by atoms with van der Waals surface area (Å²) in [7, 11) is 0. The molecule has 1 saturated heterocycles. The van der Waals surface area contributed by atoms with E-state index in [9.17, 15) is 31.1 Å². The van der Waals surface area contributed by atoms with Gasteiger partial charge in [-0.05, 0) is 48.4 Å². The van der Waals surface area contributed by atoms with Crippen molar-refractivity contribution in [1.29, 1.82) is 0 Å². The number of benzene rings is 1. The first-order valence-corrected chi connectivity index (χ1v) is 10.1. The van der Waals surface area contributed by atoms with Crippen LogP contribution in [0.1, 0.15) is 29.4 Å². The van der Waals surface area contributed by atoms with Gasteiger partial charge in [-0.3, -0.25) is 4.79 Å². The van der Waals surface area contributed by atoms with Gasteiger partial charge in [0.05, 0.1) is 12.1 Å². The van der Waals surface area contributed by atoms with E-state index in [1.807, 2.05) is 6.92 Å². The third kappa shape index (κ3) is 8.35. The number of carboxylic acid groups (broad SMARTS) is 1. The number of rotatable bonds is 4. The zero-order chi connectivity index (χ0) is 26.4. The zero-order valence-corrected chi connectivity index (χ0v) is 18.6. The van der Waals surface area contributed by atoms with Crippen LogP contribution in [0.3, 0.4) is 0 Å². The van der Waals surface area contributed by atoms with Gasteiger partial charge in [0.25, 0.3) is 0 Å². The molecule has 15 heteroatoms. The van der Waals surface area contributed by atoms with Gasteiger partial charge in [-0.25, -0.2) is 4.79 Å². The molecule has 1 aliphatic rings. The van der Waals surface area contributed by atoms with Gasteiger partial charge in [-0.15, -0.1) is 10.2 Å². The molecular weight excluding hydrogens is 486 g/mol. The molecule has 0 aliphatic carbocycles. The van der Waals surface area contributed by atoms with Crippen LogP contribution in [-0.2, 0) is 22.3 Å². The summed E-state index contributed by atoms with van der Waals surface area (Å²) < 4.78 is 71.1. The Hall–Kier alpha value is -3.49. The van der Waals surface area contributed by atoms with E-state index in [0.29, 0.717) is 36.6 Å². The first kappa shape index (κ1) is 27.8. The number of tetrazole rings is 1. The lowest BCUT2D eigenvalue weighted by Gasteiger charge is -2.33. The van der Waals surface area contributed by atoms with E-state index in [1.165, 1.54) is 23.0 Å². The van der Waals surface area contributed by atoms with Crippen LogP contribution in [0.4, 0.5) is 26.3 Å². The molecule has 0 unspecified atom stereocenters. The number of alkyl halides is 6. The number of hydrogen-bond acceptors (Lipinski definition) is 6. The van der Waals surface area contributed by atoms with Crippen molar-refractivity contribution in [3.05, 3.63) is 46.8 Å². The van der Waals surface area contributed by atoms with Crippen LogP contribution >= 0.6 is 0 Å². The molecule has 1 aromatic heterocycles. The Morgan fingerprint density at radius 2 is 1.89 bits per heavy atom. The Morgan fingerprint density at radius 3 is 2.40 bits per heavy atom. The summed E-state index contributed by atoms with van der Waals surface area (Å²) in [5.74, 6) is -2.51. The highest BCUT2D eigenvalue weighted by molar-refractivity contribution is 5.92. The van der Waals surface area contributed by atoms with Crippen molar-refractivity contribution in [2.75, 3.05) is 19.6 Å². The number of aryl methyl sites for hydroxylation is 1. The monoisotopic (exact) mass is 508 g/mol. The van der Waals surface area contributed by atoms with Crippen molar-refractivity contribution in [2.45, 2.75) is 38.8 Å².